The van der Waals surface area contributed by atoms with Gasteiger partial charge in [0.15, 0.2) is 5.78 Å². The first kappa shape index (κ1) is 17.5. The summed E-state index contributed by atoms with van der Waals surface area (Å²) in [6.45, 7) is 2.06. The van der Waals surface area contributed by atoms with E-state index in [1.54, 1.807) is 24.3 Å². The van der Waals surface area contributed by atoms with Crippen molar-refractivity contribution in [2.45, 2.75) is 19.4 Å². The maximum Gasteiger partial charge on any atom is 0.165 e. The second kappa shape index (κ2) is 7.37. The summed E-state index contributed by atoms with van der Waals surface area (Å²) < 4.78 is 1.95. The Morgan fingerprint density at radius 3 is 2.44 bits per heavy atom. The minimum Gasteiger partial charge on any atom is -0.294 e. The molecule has 0 N–H and O–H groups in total. The van der Waals surface area contributed by atoms with E-state index in [1.165, 1.54) is 5.56 Å². The van der Waals surface area contributed by atoms with Crippen molar-refractivity contribution >= 4 is 28.3 Å². The fraction of sp³-hybridized carbons (Fsp3) is 0.130. The average Bonchev–Trinajstić information content (AvgIpc) is 3.11. The van der Waals surface area contributed by atoms with E-state index in [0.717, 1.165) is 16.5 Å². The third-order valence-electron chi connectivity index (χ3n) is 4.81. The lowest BCUT2D eigenvalue weighted by Crippen LogP contribution is -2.17. The van der Waals surface area contributed by atoms with E-state index in [0.29, 0.717) is 17.0 Å². The van der Waals surface area contributed by atoms with Gasteiger partial charge in [0.25, 0.3) is 0 Å². The van der Waals surface area contributed by atoms with Crippen molar-refractivity contribution in [3.8, 4) is 0 Å². The van der Waals surface area contributed by atoms with Gasteiger partial charge in [-0.15, -0.1) is 0 Å². The standard InChI is InChI=1S/C23H19ClN2O/c1-16-6-8-17(9-7-16)22(14-23(27)18-10-12-20(24)13-11-18)26-21-5-3-2-4-19(21)15-25-26/h2-13,15,22H,14H2,1H3. The van der Waals surface area contributed by atoms with Gasteiger partial charge in [0.1, 0.15) is 0 Å². The van der Waals surface area contributed by atoms with Gasteiger partial charge in [-0.2, -0.15) is 5.10 Å². The van der Waals surface area contributed by atoms with Crippen molar-refractivity contribution in [3.05, 3.63) is 101 Å². The topological polar surface area (TPSA) is 34.9 Å². The lowest BCUT2D eigenvalue weighted by molar-refractivity contribution is 0.0968. The number of nitrogens with zero attached hydrogens (tertiary/aromatic N) is 2. The van der Waals surface area contributed by atoms with E-state index >= 15 is 0 Å². The van der Waals surface area contributed by atoms with Crippen LogP contribution in [0.1, 0.15) is 33.9 Å². The molecule has 4 heteroatoms. The third-order valence-corrected chi connectivity index (χ3v) is 5.06. The minimum atomic E-state index is -0.173. The first-order chi connectivity index (χ1) is 13.1. The third kappa shape index (κ3) is 3.64. The molecule has 0 fully saturated rings. The fourth-order valence-electron chi connectivity index (χ4n) is 3.30. The predicted molar refractivity (Wildman–Crippen MR) is 109 cm³/mol. The summed E-state index contributed by atoms with van der Waals surface area (Å²) in [5, 5.41) is 6.29. The van der Waals surface area contributed by atoms with E-state index in [9.17, 15) is 4.79 Å². The maximum absolute atomic E-state index is 13.0. The molecule has 134 valence electrons. The molecule has 1 heterocycles. The Balaban J connectivity index is 1.75. The van der Waals surface area contributed by atoms with Crippen LogP contribution in [0.3, 0.4) is 0 Å². The number of Topliss-reactive ketones (excluding diaryl/α,β-unsaturated/α-hetero) is 1. The van der Waals surface area contributed by atoms with E-state index in [2.05, 4.69) is 36.3 Å². The van der Waals surface area contributed by atoms with Crippen molar-refractivity contribution in [2.24, 2.45) is 0 Å². The molecule has 3 aromatic carbocycles. The number of benzene rings is 3. The molecule has 0 radical (unpaired) electrons. The number of carbonyl (C=O) groups is 1. The zero-order valence-corrected chi connectivity index (χ0v) is 15.7. The SMILES string of the molecule is Cc1ccc(C(CC(=O)c2ccc(Cl)cc2)n2ncc3ccccc32)cc1. The Morgan fingerprint density at radius 1 is 1.00 bits per heavy atom. The lowest BCUT2D eigenvalue weighted by atomic mass is 9.97. The highest BCUT2D eigenvalue weighted by atomic mass is 35.5. The Hall–Kier alpha value is -2.91. The summed E-state index contributed by atoms with van der Waals surface area (Å²) in [6.07, 6.45) is 2.18. The second-order valence-electron chi connectivity index (χ2n) is 6.71. The molecule has 0 amide bonds. The summed E-state index contributed by atoms with van der Waals surface area (Å²) in [5.74, 6) is 0.0665. The number of halogens is 1. The van der Waals surface area contributed by atoms with Gasteiger partial charge in [-0.3, -0.25) is 9.48 Å². The van der Waals surface area contributed by atoms with E-state index in [1.807, 2.05) is 35.1 Å². The molecule has 27 heavy (non-hydrogen) atoms. The van der Waals surface area contributed by atoms with Gasteiger partial charge >= 0.3 is 0 Å². The fourth-order valence-corrected chi connectivity index (χ4v) is 3.43. The van der Waals surface area contributed by atoms with Crippen LogP contribution in [0.4, 0.5) is 0 Å². The number of aromatic nitrogens is 2. The molecular formula is C23H19ClN2O. The van der Waals surface area contributed by atoms with Crippen molar-refractivity contribution in [2.75, 3.05) is 0 Å². The monoisotopic (exact) mass is 374 g/mol. The highest BCUT2D eigenvalue weighted by molar-refractivity contribution is 6.30. The summed E-state index contributed by atoms with van der Waals surface area (Å²) in [7, 11) is 0. The van der Waals surface area contributed by atoms with Gasteiger partial charge in [-0.25, -0.2) is 0 Å². The number of fused-ring (bicyclic) bond motifs is 1. The van der Waals surface area contributed by atoms with Gasteiger partial charge in [0, 0.05) is 22.4 Å². The highest BCUT2D eigenvalue weighted by Crippen LogP contribution is 2.28. The van der Waals surface area contributed by atoms with Crippen LogP contribution in [-0.4, -0.2) is 15.6 Å². The Labute approximate surface area is 163 Å². The first-order valence-corrected chi connectivity index (χ1v) is 9.27. The molecule has 4 aromatic rings. The molecule has 4 rings (SSSR count). The molecule has 1 unspecified atom stereocenters. The Kier molecular flexibility index (Phi) is 4.78. The normalized spacial score (nSPS) is 12.2. The van der Waals surface area contributed by atoms with E-state index < -0.39 is 0 Å². The Morgan fingerprint density at radius 2 is 1.70 bits per heavy atom. The summed E-state index contributed by atoms with van der Waals surface area (Å²) >= 11 is 5.95. The number of hydrogen-bond acceptors (Lipinski definition) is 2. The van der Waals surface area contributed by atoms with Crippen LogP contribution < -0.4 is 0 Å². The number of hydrogen-bond donors (Lipinski definition) is 0. The van der Waals surface area contributed by atoms with Gasteiger partial charge < -0.3 is 0 Å². The number of carbonyl (C=O) groups excluding carboxylic acids is 1. The maximum atomic E-state index is 13.0. The van der Waals surface area contributed by atoms with Crippen LogP contribution in [0.2, 0.25) is 5.02 Å². The van der Waals surface area contributed by atoms with Crippen molar-refractivity contribution in [1.82, 2.24) is 9.78 Å². The largest absolute Gasteiger partial charge is 0.294 e. The molecule has 3 nitrogen and oxygen atoms in total. The van der Waals surface area contributed by atoms with Crippen molar-refractivity contribution in [3.63, 3.8) is 0 Å². The molecule has 1 atom stereocenters. The Bertz CT molecular complexity index is 1080. The van der Waals surface area contributed by atoms with Crippen LogP contribution in [0.5, 0.6) is 0 Å². The molecule has 0 aliphatic carbocycles. The number of ketones is 1. The molecule has 0 saturated heterocycles. The van der Waals surface area contributed by atoms with Gasteiger partial charge in [0.05, 0.1) is 17.8 Å². The molecule has 1 aromatic heterocycles. The van der Waals surface area contributed by atoms with Gasteiger partial charge in [-0.1, -0.05) is 59.6 Å². The van der Waals surface area contributed by atoms with Crippen LogP contribution in [-0.2, 0) is 0 Å². The van der Waals surface area contributed by atoms with Gasteiger partial charge in [0.2, 0.25) is 0 Å². The molecule has 0 spiro atoms. The van der Waals surface area contributed by atoms with Crippen LogP contribution in [0.25, 0.3) is 10.9 Å². The molecule has 0 saturated carbocycles. The molecule has 0 bridgehead atoms. The second-order valence-corrected chi connectivity index (χ2v) is 7.15. The van der Waals surface area contributed by atoms with Crippen LogP contribution >= 0.6 is 11.6 Å². The van der Waals surface area contributed by atoms with Gasteiger partial charge in [-0.05, 0) is 42.8 Å². The zero-order chi connectivity index (χ0) is 18.8. The zero-order valence-electron chi connectivity index (χ0n) is 15.0. The van der Waals surface area contributed by atoms with Crippen LogP contribution in [0, 0.1) is 6.92 Å². The summed E-state index contributed by atoms with van der Waals surface area (Å²) in [5.41, 5.74) is 3.93. The van der Waals surface area contributed by atoms with E-state index in [4.69, 9.17) is 11.6 Å². The summed E-state index contributed by atoms with van der Waals surface area (Å²) in [4.78, 5) is 13.0. The number of para-hydroxylation sites is 1. The minimum absolute atomic E-state index is 0.0665. The molecule has 0 aliphatic heterocycles. The van der Waals surface area contributed by atoms with Crippen molar-refractivity contribution < 1.29 is 4.79 Å². The lowest BCUT2D eigenvalue weighted by Gasteiger charge is -2.19. The molecular weight excluding hydrogens is 356 g/mol. The number of rotatable bonds is 5. The van der Waals surface area contributed by atoms with Crippen LogP contribution in [0.15, 0.2) is 79.0 Å². The smallest absolute Gasteiger partial charge is 0.165 e. The summed E-state index contributed by atoms with van der Waals surface area (Å²) in [6, 6.07) is 23.2. The van der Waals surface area contributed by atoms with E-state index in [-0.39, 0.29) is 11.8 Å². The highest BCUT2D eigenvalue weighted by Gasteiger charge is 2.21. The first-order valence-electron chi connectivity index (χ1n) is 8.89. The number of aryl methyl sites for hydroxylation is 1. The average molecular weight is 375 g/mol. The molecule has 0 aliphatic rings. The quantitative estimate of drug-likeness (QED) is 0.410. The predicted octanol–water partition coefficient (Wildman–Crippen LogP) is 5.86. The van der Waals surface area contributed by atoms with Crippen molar-refractivity contribution in [1.29, 1.82) is 0 Å².